The van der Waals surface area contributed by atoms with E-state index in [1.807, 2.05) is 41.8 Å². The van der Waals surface area contributed by atoms with Gasteiger partial charge in [-0.2, -0.15) is 5.26 Å². The first-order valence-corrected chi connectivity index (χ1v) is 8.29. The van der Waals surface area contributed by atoms with Gasteiger partial charge in [0.05, 0.1) is 16.5 Å². The highest BCUT2D eigenvalue weighted by molar-refractivity contribution is 7.13. The molecule has 0 fully saturated rings. The molecule has 2 aromatic carbocycles. The van der Waals surface area contributed by atoms with Crippen LogP contribution in [0.2, 0.25) is 0 Å². The summed E-state index contributed by atoms with van der Waals surface area (Å²) >= 11 is 1.65. The van der Waals surface area contributed by atoms with Gasteiger partial charge in [-0.25, -0.2) is 0 Å². The van der Waals surface area contributed by atoms with Crippen LogP contribution in [0.4, 0.5) is 11.5 Å². The monoisotopic (exact) mass is 328 g/mol. The maximum atomic E-state index is 8.89. The van der Waals surface area contributed by atoms with Gasteiger partial charge in [0.2, 0.25) is 0 Å². The molecule has 0 bridgehead atoms. The maximum Gasteiger partial charge on any atom is 0.161 e. The number of fused-ring (bicyclic) bond motifs is 1. The van der Waals surface area contributed by atoms with Crippen LogP contribution < -0.4 is 5.32 Å². The number of anilines is 2. The van der Waals surface area contributed by atoms with Crippen LogP contribution in [-0.4, -0.2) is 10.2 Å². The third-order valence-corrected chi connectivity index (χ3v) is 4.60. The average Bonchev–Trinajstić information content (AvgIpc) is 3.17. The summed E-state index contributed by atoms with van der Waals surface area (Å²) in [4.78, 5) is 1.10. The second-order valence-corrected chi connectivity index (χ2v) is 6.18. The summed E-state index contributed by atoms with van der Waals surface area (Å²) in [6.07, 6.45) is 0. The number of hydrogen-bond donors (Lipinski definition) is 1. The molecule has 0 radical (unpaired) electrons. The molecular weight excluding hydrogens is 316 g/mol. The first-order valence-electron chi connectivity index (χ1n) is 7.41. The smallest absolute Gasteiger partial charge is 0.161 e. The van der Waals surface area contributed by atoms with Crippen molar-refractivity contribution in [2.75, 3.05) is 5.32 Å². The Balaban J connectivity index is 1.79. The molecule has 0 saturated heterocycles. The molecule has 4 aromatic rings. The van der Waals surface area contributed by atoms with Gasteiger partial charge in [0.1, 0.15) is 5.69 Å². The number of aromatic nitrogens is 2. The van der Waals surface area contributed by atoms with Crippen LogP contribution >= 0.6 is 11.3 Å². The van der Waals surface area contributed by atoms with Gasteiger partial charge < -0.3 is 5.32 Å². The summed E-state index contributed by atoms with van der Waals surface area (Å²) in [6.45, 7) is 0. The molecule has 5 heteroatoms. The largest absolute Gasteiger partial charge is 0.338 e. The molecule has 4 nitrogen and oxygen atoms in total. The Morgan fingerprint density at radius 1 is 0.875 bits per heavy atom. The Kier molecular flexibility index (Phi) is 3.66. The quantitative estimate of drug-likeness (QED) is 0.576. The van der Waals surface area contributed by atoms with E-state index in [2.05, 4.69) is 33.7 Å². The van der Waals surface area contributed by atoms with Crippen molar-refractivity contribution >= 4 is 33.6 Å². The first kappa shape index (κ1) is 14.4. The summed E-state index contributed by atoms with van der Waals surface area (Å²) in [5, 5.41) is 25.1. The molecular formula is C19H12N4S. The molecule has 1 N–H and O–H groups in total. The summed E-state index contributed by atoms with van der Waals surface area (Å²) in [5.41, 5.74) is 2.40. The third-order valence-electron chi connectivity index (χ3n) is 3.72. The molecule has 0 aliphatic heterocycles. The Morgan fingerprint density at radius 2 is 1.67 bits per heavy atom. The Hall–Kier alpha value is -3.23. The fraction of sp³-hybridized carbons (Fsp3) is 0. The number of nitrogens with zero attached hydrogens (tertiary/aromatic N) is 3. The maximum absolute atomic E-state index is 8.89. The van der Waals surface area contributed by atoms with Crippen LogP contribution in [0.5, 0.6) is 0 Å². The van der Waals surface area contributed by atoms with Crippen molar-refractivity contribution in [3.05, 3.63) is 71.6 Å². The van der Waals surface area contributed by atoms with Gasteiger partial charge in [0.25, 0.3) is 0 Å². The average molecular weight is 328 g/mol. The Labute approximate surface area is 143 Å². The minimum absolute atomic E-state index is 0.629. The van der Waals surface area contributed by atoms with Crippen LogP contribution in [0.25, 0.3) is 21.3 Å². The fourth-order valence-electron chi connectivity index (χ4n) is 2.56. The lowest BCUT2D eigenvalue weighted by atomic mass is 10.1. The number of thiophene rings is 1. The lowest BCUT2D eigenvalue weighted by Crippen LogP contribution is -1.98. The van der Waals surface area contributed by atoms with Crippen molar-refractivity contribution in [2.24, 2.45) is 0 Å². The van der Waals surface area contributed by atoms with Crippen molar-refractivity contribution < 1.29 is 0 Å². The second kappa shape index (κ2) is 6.11. The summed E-state index contributed by atoms with van der Waals surface area (Å²) in [7, 11) is 0. The SMILES string of the molecule is N#Cc1ccc(Nc2nnc(-c3cccs3)c3ccccc23)cc1. The van der Waals surface area contributed by atoms with E-state index in [-0.39, 0.29) is 0 Å². The van der Waals surface area contributed by atoms with Gasteiger partial charge in [0.15, 0.2) is 5.82 Å². The zero-order valence-electron chi connectivity index (χ0n) is 12.6. The normalized spacial score (nSPS) is 10.5. The van der Waals surface area contributed by atoms with Gasteiger partial charge in [-0.1, -0.05) is 30.3 Å². The lowest BCUT2D eigenvalue weighted by molar-refractivity contribution is 1.06. The zero-order valence-corrected chi connectivity index (χ0v) is 13.4. The Morgan fingerprint density at radius 3 is 2.38 bits per heavy atom. The topological polar surface area (TPSA) is 61.6 Å². The zero-order chi connectivity index (χ0) is 16.4. The van der Waals surface area contributed by atoms with E-state index in [1.165, 1.54) is 0 Å². The molecule has 0 aliphatic rings. The van der Waals surface area contributed by atoms with Crippen LogP contribution in [-0.2, 0) is 0 Å². The molecule has 4 rings (SSSR count). The predicted octanol–water partition coefficient (Wildman–Crippen LogP) is 4.97. The van der Waals surface area contributed by atoms with Crippen molar-refractivity contribution in [3.63, 3.8) is 0 Å². The predicted molar refractivity (Wildman–Crippen MR) is 97.3 cm³/mol. The molecule has 24 heavy (non-hydrogen) atoms. The van der Waals surface area contributed by atoms with E-state index in [0.29, 0.717) is 11.4 Å². The molecule has 0 spiro atoms. The Bertz CT molecular complexity index is 1030. The summed E-state index contributed by atoms with van der Waals surface area (Å²) in [5.74, 6) is 0.704. The number of nitrogens with one attached hydrogen (secondary N) is 1. The van der Waals surface area contributed by atoms with E-state index in [4.69, 9.17) is 5.26 Å². The molecule has 2 aromatic heterocycles. The van der Waals surface area contributed by atoms with Crippen LogP contribution in [0.15, 0.2) is 66.0 Å². The first-order chi connectivity index (χ1) is 11.8. The van der Waals surface area contributed by atoms with Crippen LogP contribution in [0, 0.1) is 11.3 Å². The van der Waals surface area contributed by atoms with E-state index in [9.17, 15) is 0 Å². The minimum atomic E-state index is 0.629. The lowest BCUT2D eigenvalue weighted by Gasteiger charge is -2.10. The summed E-state index contributed by atoms with van der Waals surface area (Å²) in [6, 6.07) is 21.6. The van der Waals surface area contributed by atoms with Gasteiger partial charge in [-0.15, -0.1) is 21.5 Å². The van der Waals surface area contributed by atoms with Gasteiger partial charge in [0, 0.05) is 16.5 Å². The summed E-state index contributed by atoms with van der Waals surface area (Å²) < 4.78 is 0. The van der Waals surface area contributed by atoms with E-state index in [0.717, 1.165) is 27.0 Å². The second-order valence-electron chi connectivity index (χ2n) is 5.23. The highest BCUT2D eigenvalue weighted by Crippen LogP contribution is 2.32. The number of rotatable bonds is 3. The standard InChI is InChI=1S/C19H12N4S/c20-12-13-7-9-14(10-8-13)21-19-16-5-2-1-4-15(16)18(22-23-19)17-6-3-11-24-17/h1-11H,(H,21,23). The molecule has 114 valence electrons. The van der Waals surface area contributed by atoms with Crippen molar-refractivity contribution in [1.82, 2.24) is 10.2 Å². The molecule has 2 heterocycles. The third kappa shape index (κ3) is 2.60. The minimum Gasteiger partial charge on any atom is -0.338 e. The van der Waals surface area contributed by atoms with E-state index >= 15 is 0 Å². The van der Waals surface area contributed by atoms with Gasteiger partial charge >= 0.3 is 0 Å². The highest BCUT2D eigenvalue weighted by atomic mass is 32.1. The van der Waals surface area contributed by atoms with Crippen molar-refractivity contribution in [2.45, 2.75) is 0 Å². The molecule has 0 aliphatic carbocycles. The van der Waals surface area contributed by atoms with E-state index in [1.54, 1.807) is 23.5 Å². The molecule has 0 unspecified atom stereocenters. The highest BCUT2D eigenvalue weighted by Gasteiger charge is 2.11. The van der Waals surface area contributed by atoms with Crippen LogP contribution in [0.1, 0.15) is 5.56 Å². The van der Waals surface area contributed by atoms with Crippen molar-refractivity contribution in [1.29, 1.82) is 5.26 Å². The molecule has 0 atom stereocenters. The fourth-order valence-corrected chi connectivity index (χ4v) is 3.28. The van der Waals surface area contributed by atoms with Crippen molar-refractivity contribution in [3.8, 4) is 16.6 Å². The van der Waals surface area contributed by atoms with Gasteiger partial charge in [-0.05, 0) is 35.7 Å². The van der Waals surface area contributed by atoms with Crippen LogP contribution in [0.3, 0.4) is 0 Å². The number of benzene rings is 2. The van der Waals surface area contributed by atoms with Gasteiger partial charge in [-0.3, -0.25) is 0 Å². The molecule has 0 saturated carbocycles. The number of hydrogen-bond acceptors (Lipinski definition) is 5. The van der Waals surface area contributed by atoms with E-state index < -0.39 is 0 Å². The number of nitriles is 1. The molecule has 0 amide bonds.